The Kier molecular flexibility index (Phi) is 5.76. The molecule has 1 aliphatic heterocycles. The molecule has 1 N–H and O–H groups in total. The number of aryl methyl sites for hydroxylation is 2. The van der Waals surface area contributed by atoms with Crippen LogP contribution in [0.2, 0.25) is 5.02 Å². The van der Waals surface area contributed by atoms with Crippen LogP contribution in [0.4, 0.5) is 5.69 Å². The highest BCUT2D eigenvalue weighted by Gasteiger charge is 2.47. The van der Waals surface area contributed by atoms with Gasteiger partial charge in [-0.05, 0) is 60.9 Å². The highest BCUT2D eigenvalue weighted by atomic mass is 35.5. The first-order chi connectivity index (χ1) is 15.3. The molecule has 0 saturated carbocycles. The van der Waals surface area contributed by atoms with Crippen molar-refractivity contribution < 1.29 is 19.4 Å². The van der Waals surface area contributed by atoms with E-state index in [4.69, 9.17) is 16.3 Å². The zero-order valence-electron chi connectivity index (χ0n) is 17.9. The Labute approximate surface area is 191 Å². The molecule has 162 valence electrons. The SMILES string of the molecule is COc1ccc(/C(O)=C2/C(=O)C(=O)N(c3cc(C)cc(C)c3)C2c2ccccc2)cc1Cl. The van der Waals surface area contributed by atoms with Crippen molar-refractivity contribution in [3.05, 3.63) is 99.6 Å². The average molecular weight is 448 g/mol. The summed E-state index contributed by atoms with van der Waals surface area (Å²) in [5.74, 6) is -1.28. The number of amides is 1. The molecule has 32 heavy (non-hydrogen) atoms. The van der Waals surface area contributed by atoms with Crippen molar-refractivity contribution in [1.29, 1.82) is 0 Å². The number of carbonyl (C=O) groups excluding carboxylic acids is 2. The summed E-state index contributed by atoms with van der Waals surface area (Å²) in [7, 11) is 1.49. The smallest absolute Gasteiger partial charge is 0.300 e. The highest BCUT2D eigenvalue weighted by Crippen LogP contribution is 2.43. The fourth-order valence-electron chi connectivity index (χ4n) is 4.11. The third-order valence-corrected chi connectivity index (χ3v) is 5.76. The minimum absolute atomic E-state index is 0.0154. The third kappa shape index (κ3) is 3.76. The van der Waals surface area contributed by atoms with Gasteiger partial charge in [0, 0.05) is 11.3 Å². The van der Waals surface area contributed by atoms with Crippen LogP contribution >= 0.6 is 11.6 Å². The van der Waals surface area contributed by atoms with E-state index in [1.807, 2.05) is 62.4 Å². The highest BCUT2D eigenvalue weighted by molar-refractivity contribution is 6.51. The number of aliphatic hydroxyl groups excluding tert-OH is 1. The molecule has 1 aliphatic rings. The molecule has 6 heteroatoms. The van der Waals surface area contributed by atoms with Crippen LogP contribution in [-0.4, -0.2) is 23.9 Å². The van der Waals surface area contributed by atoms with Gasteiger partial charge in [-0.2, -0.15) is 0 Å². The molecule has 1 fully saturated rings. The van der Waals surface area contributed by atoms with Crippen LogP contribution in [0.15, 0.2) is 72.3 Å². The van der Waals surface area contributed by atoms with E-state index in [2.05, 4.69) is 0 Å². The van der Waals surface area contributed by atoms with Crippen LogP contribution in [0.5, 0.6) is 5.75 Å². The van der Waals surface area contributed by atoms with Crippen molar-refractivity contribution in [2.75, 3.05) is 12.0 Å². The molecule has 1 saturated heterocycles. The van der Waals surface area contributed by atoms with E-state index in [-0.39, 0.29) is 16.4 Å². The van der Waals surface area contributed by atoms with Crippen molar-refractivity contribution >= 4 is 34.7 Å². The number of nitrogens with zero attached hydrogens (tertiary/aromatic N) is 1. The van der Waals surface area contributed by atoms with E-state index in [1.54, 1.807) is 12.1 Å². The average Bonchev–Trinajstić information content (AvgIpc) is 3.04. The lowest BCUT2D eigenvalue weighted by molar-refractivity contribution is -0.132. The summed E-state index contributed by atoms with van der Waals surface area (Å²) in [5, 5.41) is 11.5. The second kappa shape index (κ2) is 8.52. The molecule has 1 atom stereocenters. The number of carbonyl (C=O) groups is 2. The molecule has 0 aromatic heterocycles. The van der Waals surface area contributed by atoms with E-state index in [1.165, 1.54) is 18.1 Å². The first kappa shape index (κ1) is 21.7. The second-order valence-corrected chi connectivity index (χ2v) is 8.18. The summed E-state index contributed by atoms with van der Waals surface area (Å²) in [6, 6.07) is 18.9. The molecule has 0 spiro atoms. The Morgan fingerprint density at radius 3 is 2.22 bits per heavy atom. The molecule has 5 nitrogen and oxygen atoms in total. The molecule has 0 radical (unpaired) electrons. The molecule has 1 heterocycles. The lowest BCUT2D eigenvalue weighted by Gasteiger charge is -2.26. The normalized spacial score (nSPS) is 17.6. The molecule has 0 bridgehead atoms. The van der Waals surface area contributed by atoms with Crippen molar-refractivity contribution in [3.8, 4) is 5.75 Å². The summed E-state index contributed by atoms with van der Waals surface area (Å²) in [6.45, 7) is 3.87. The van der Waals surface area contributed by atoms with Crippen LogP contribution in [0.25, 0.3) is 5.76 Å². The fraction of sp³-hybridized carbons (Fsp3) is 0.154. The standard InChI is InChI=1S/C26H22ClNO4/c1-15-11-16(2)13-19(12-15)28-23(17-7-5-4-6-8-17)22(25(30)26(28)31)24(29)18-9-10-21(32-3)20(27)14-18/h4-14,23,29H,1-3H3/b24-22-. The van der Waals surface area contributed by atoms with Crippen molar-refractivity contribution in [2.24, 2.45) is 0 Å². The number of methoxy groups -OCH3 is 1. The molecular weight excluding hydrogens is 426 g/mol. The fourth-order valence-corrected chi connectivity index (χ4v) is 4.37. The Morgan fingerprint density at radius 1 is 0.969 bits per heavy atom. The minimum Gasteiger partial charge on any atom is -0.507 e. The molecule has 1 amide bonds. The molecule has 4 rings (SSSR count). The second-order valence-electron chi connectivity index (χ2n) is 7.78. The lowest BCUT2D eigenvalue weighted by Crippen LogP contribution is -2.29. The number of anilines is 1. The van der Waals surface area contributed by atoms with Gasteiger partial charge in [-0.25, -0.2) is 0 Å². The van der Waals surface area contributed by atoms with Crippen molar-refractivity contribution in [2.45, 2.75) is 19.9 Å². The number of halogens is 1. The Balaban J connectivity index is 1.95. The molecular formula is C26H22ClNO4. The van der Waals surface area contributed by atoms with E-state index in [9.17, 15) is 14.7 Å². The number of hydrogen-bond donors (Lipinski definition) is 1. The maximum absolute atomic E-state index is 13.2. The van der Waals surface area contributed by atoms with Gasteiger partial charge in [0.2, 0.25) is 0 Å². The molecule has 3 aromatic carbocycles. The molecule has 0 aliphatic carbocycles. The van der Waals surface area contributed by atoms with Gasteiger partial charge in [0.25, 0.3) is 11.7 Å². The van der Waals surface area contributed by atoms with Crippen LogP contribution in [0, 0.1) is 13.8 Å². The first-order valence-corrected chi connectivity index (χ1v) is 10.5. The van der Waals surface area contributed by atoms with Gasteiger partial charge in [-0.1, -0.05) is 48.0 Å². The summed E-state index contributed by atoms with van der Waals surface area (Å²) in [6.07, 6.45) is 0. The summed E-state index contributed by atoms with van der Waals surface area (Å²) < 4.78 is 5.17. The van der Waals surface area contributed by atoms with Crippen LogP contribution in [0.1, 0.15) is 28.3 Å². The number of aliphatic hydroxyl groups is 1. The van der Waals surface area contributed by atoms with Crippen LogP contribution in [0.3, 0.4) is 0 Å². The Bertz CT molecular complexity index is 1230. The lowest BCUT2D eigenvalue weighted by atomic mass is 9.95. The zero-order chi connectivity index (χ0) is 23.0. The number of rotatable bonds is 4. The Hall–Kier alpha value is -3.57. The largest absolute Gasteiger partial charge is 0.507 e. The van der Waals surface area contributed by atoms with E-state index < -0.39 is 17.7 Å². The monoisotopic (exact) mass is 447 g/mol. The maximum atomic E-state index is 13.2. The Morgan fingerprint density at radius 2 is 1.62 bits per heavy atom. The van der Waals surface area contributed by atoms with Gasteiger partial charge >= 0.3 is 0 Å². The molecule has 3 aromatic rings. The van der Waals surface area contributed by atoms with Gasteiger partial charge in [0.05, 0.1) is 23.7 Å². The van der Waals surface area contributed by atoms with E-state index in [0.717, 1.165) is 11.1 Å². The maximum Gasteiger partial charge on any atom is 0.300 e. The van der Waals surface area contributed by atoms with Gasteiger partial charge in [0.15, 0.2) is 0 Å². The number of benzene rings is 3. The van der Waals surface area contributed by atoms with Gasteiger partial charge < -0.3 is 9.84 Å². The van der Waals surface area contributed by atoms with Crippen LogP contribution < -0.4 is 9.64 Å². The number of ketones is 1. The zero-order valence-corrected chi connectivity index (χ0v) is 18.7. The predicted molar refractivity (Wildman–Crippen MR) is 125 cm³/mol. The first-order valence-electron chi connectivity index (χ1n) is 10.1. The third-order valence-electron chi connectivity index (χ3n) is 5.47. The van der Waals surface area contributed by atoms with Gasteiger partial charge in [-0.3, -0.25) is 14.5 Å². The summed E-state index contributed by atoms with van der Waals surface area (Å²) in [5.41, 5.74) is 3.60. The topological polar surface area (TPSA) is 66.8 Å². The van der Waals surface area contributed by atoms with Gasteiger partial charge in [-0.15, -0.1) is 0 Å². The number of ether oxygens (including phenoxy) is 1. The number of Topliss-reactive ketones (excluding diaryl/α,β-unsaturated/α-hetero) is 1. The van der Waals surface area contributed by atoms with E-state index in [0.29, 0.717) is 22.6 Å². The quantitative estimate of drug-likeness (QED) is 0.321. The predicted octanol–water partition coefficient (Wildman–Crippen LogP) is 5.59. The van der Waals surface area contributed by atoms with Crippen LogP contribution in [-0.2, 0) is 9.59 Å². The minimum atomic E-state index is -0.779. The van der Waals surface area contributed by atoms with Gasteiger partial charge in [0.1, 0.15) is 11.5 Å². The van der Waals surface area contributed by atoms with Crippen molar-refractivity contribution in [1.82, 2.24) is 0 Å². The number of hydrogen-bond acceptors (Lipinski definition) is 4. The summed E-state index contributed by atoms with van der Waals surface area (Å²) >= 11 is 6.24. The summed E-state index contributed by atoms with van der Waals surface area (Å²) in [4.78, 5) is 27.9. The van der Waals surface area contributed by atoms with E-state index >= 15 is 0 Å². The van der Waals surface area contributed by atoms with Crippen molar-refractivity contribution in [3.63, 3.8) is 0 Å². The molecule has 1 unspecified atom stereocenters.